The second kappa shape index (κ2) is 10.2. The van der Waals surface area contributed by atoms with Crippen LogP contribution in [0.1, 0.15) is 16.7 Å². The van der Waals surface area contributed by atoms with Gasteiger partial charge in [0.05, 0.1) is 16.6 Å². The largest absolute Gasteiger partial charge is 0.306 e. The first-order valence-electron chi connectivity index (χ1n) is 13.6. The Bertz CT molecular complexity index is 1900. The lowest BCUT2D eigenvalue weighted by Gasteiger charge is -2.36. The van der Waals surface area contributed by atoms with E-state index in [1.54, 1.807) is 6.07 Å². The van der Waals surface area contributed by atoms with Crippen molar-refractivity contribution in [3.8, 4) is 22.6 Å². The van der Waals surface area contributed by atoms with Crippen molar-refractivity contribution in [2.45, 2.75) is 5.54 Å². The van der Waals surface area contributed by atoms with Crippen molar-refractivity contribution in [3.63, 3.8) is 0 Å². The highest BCUT2D eigenvalue weighted by Gasteiger charge is 2.39. The van der Waals surface area contributed by atoms with Crippen LogP contribution in [0.3, 0.4) is 0 Å². The van der Waals surface area contributed by atoms with Gasteiger partial charge in [0.25, 0.3) is 5.56 Å². The van der Waals surface area contributed by atoms with Gasteiger partial charge in [-0.15, -0.1) is 0 Å². The van der Waals surface area contributed by atoms with Crippen LogP contribution in [0.25, 0.3) is 33.5 Å². The summed E-state index contributed by atoms with van der Waals surface area (Å²) >= 11 is 0. The Balaban J connectivity index is 1.34. The molecule has 0 saturated heterocycles. The van der Waals surface area contributed by atoms with Crippen molar-refractivity contribution in [1.29, 1.82) is 0 Å². The molecule has 196 valence electrons. The summed E-state index contributed by atoms with van der Waals surface area (Å²) in [5.41, 5.74) is 5.87. The number of aromatic nitrogens is 4. The van der Waals surface area contributed by atoms with Crippen LogP contribution in [-0.2, 0) is 5.54 Å². The lowest BCUT2D eigenvalue weighted by atomic mass is 9.77. The van der Waals surface area contributed by atoms with E-state index in [1.165, 1.54) is 0 Å². The number of rotatable bonds is 6. The molecule has 0 saturated carbocycles. The van der Waals surface area contributed by atoms with Crippen LogP contribution in [-0.4, -0.2) is 19.7 Å². The highest BCUT2D eigenvalue weighted by atomic mass is 16.1. The minimum absolute atomic E-state index is 0.146. The number of benzene rings is 5. The fourth-order valence-corrected chi connectivity index (χ4v) is 5.62. The molecule has 41 heavy (non-hydrogen) atoms. The first kappa shape index (κ1) is 24.5. The Labute approximate surface area is 237 Å². The quantitative estimate of drug-likeness (QED) is 0.230. The number of nitrogens with one attached hydrogen (secondary N) is 1. The normalized spacial score (nSPS) is 11.5. The standard InChI is InChI=1S/C36H26N4O/c41-35-31-18-10-11-19-33(31)37-34(38-35)27-22-20-26(21-23-27)32-24-25-40(39-32)36(28-12-4-1-5-13-28,29-14-6-2-7-15-29)30-16-8-3-9-17-30/h1-25H,(H,37,38,41). The van der Waals surface area contributed by atoms with Gasteiger partial charge >= 0.3 is 0 Å². The molecule has 2 heterocycles. The Kier molecular flexibility index (Phi) is 6.10. The zero-order valence-corrected chi connectivity index (χ0v) is 22.2. The predicted octanol–water partition coefficient (Wildman–Crippen LogP) is 7.29. The molecule has 0 spiro atoms. The monoisotopic (exact) mass is 530 g/mol. The number of H-pyrrole nitrogens is 1. The van der Waals surface area contributed by atoms with Crippen LogP contribution in [0.2, 0.25) is 0 Å². The van der Waals surface area contributed by atoms with Gasteiger partial charge in [0.1, 0.15) is 11.4 Å². The molecule has 5 heteroatoms. The summed E-state index contributed by atoms with van der Waals surface area (Å²) in [7, 11) is 0. The highest BCUT2D eigenvalue weighted by Crippen LogP contribution is 2.40. The van der Waals surface area contributed by atoms with Crippen LogP contribution in [0.4, 0.5) is 0 Å². The van der Waals surface area contributed by atoms with E-state index >= 15 is 0 Å². The van der Waals surface area contributed by atoms with Crippen molar-refractivity contribution in [3.05, 3.63) is 179 Å². The van der Waals surface area contributed by atoms with Crippen molar-refractivity contribution in [2.24, 2.45) is 0 Å². The van der Waals surface area contributed by atoms with E-state index in [0.29, 0.717) is 16.7 Å². The lowest BCUT2D eigenvalue weighted by Crippen LogP contribution is -2.38. The first-order valence-corrected chi connectivity index (χ1v) is 13.6. The number of nitrogens with zero attached hydrogens (tertiary/aromatic N) is 3. The van der Waals surface area contributed by atoms with Gasteiger partial charge in [0, 0.05) is 17.3 Å². The summed E-state index contributed by atoms with van der Waals surface area (Å²) in [6.07, 6.45) is 2.05. The number of hydrogen-bond donors (Lipinski definition) is 1. The zero-order chi connectivity index (χ0) is 27.6. The van der Waals surface area contributed by atoms with Crippen molar-refractivity contribution in [1.82, 2.24) is 19.7 Å². The summed E-state index contributed by atoms with van der Waals surface area (Å²) in [6, 6.07) is 48.9. The van der Waals surface area contributed by atoms with E-state index in [1.807, 2.05) is 60.7 Å². The maximum Gasteiger partial charge on any atom is 0.259 e. The summed E-state index contributed by atoms with van der Waals surface area (Å²) in [5, 5.41) is 5.76. The summed E-state index contributed by atoms with van der Waals surface area (Å²) in [4.78, 5) is 20.2. The topological polar surface area (TPSA) is 63.6 Å². The molecule has 1 N–H and O–H groups in total. The molecule has 0 amide bonds. The van der Waals surface area contributed by atoms with Gasteiger partial charge in [0.2, 0.25) is 0 Å². The summed E-state index contributed by atoms with van der Waals surface area (Å²) in [5.74, 6) is 0.544. The molecular formula is C36H26N4O. The van der Waals surface area contributed by atoms with Gasteiger partial charge in [-0.25, -0.2) is 4.98 Å². The Hall–Kier alpha value is -5.55. The van der Waals surface area contributed by atoms with Crippen LogP contribution in [0.15, 0.2) is 157 Å². The van der Waals surface area contributed by atoms with E-state index in [-0.39, 0.29) is 5.56 Å². The van der Waals surface area contributed by atoms with E-state index < -0.39 is 5.54 Å². The van der Waals surface area contributed by atoms with Crippen LogP contribution in [0, 0.1) is 0 Å². The predicted molar refractivity (Wildman–Crippen MR) is 164 cm³/mol. The fourth-order valence-electron chi connectivity index (χ4n) is 5.62. The van der Waals surface area contributed by atoms with E-state index in [9.17, 15) is 4.79 Å². The van der Waals surface area contributed by atoms with E-state index in [4.69, 9.17) is 5.10 Å². The molecule has 0 aliphatic heterocycles. The van der Waals surface area contributed by atoms with Crippen LogP contribution in [0.5, 0.6) is 0 Å². The van der Waals surface area contributed by atoms with E-state index in [2.05, 4.69) is 99.7 Å². The molecule has 5 nitrogen and oxygen atoms in total. The molecule has 0 radical (unpaired) electrons. The fraction of sp³-hybridized carbons (Fsp3) is 0.0278. The molecule has 2 aromatic heterocycles. The Morgan fingerprint density at radius 1 is 0.561 bits per heavy atom. The summed E-state index contributed by atoms with van der Waals surface area (Å²) < 4.78 is 2.07. The molecule has 0 unspecified atom stereocenters. The second-order valence-corrected chi connectivity index (χ2v) is 9.96. The third-order valence-electron chi connectivity index (χ3n) is 7.57. The minimum Gasteiger partial charge on any atom is -0.306 e. The minimum atomic E-state index is -0.670. The summed E-state index contributed by atoms with van der Waals surface area (Å²) in [6.45, 7) is 0. The second-order valence-electron chi connectivity index (χ2n) is 9.96. The average molecular weight is 531 g/mol. The van der Waals surface area contributed by atoms with Gasteiger partial charge in [0.15, 0.2) is 0 Å². The van der Waals surface area contributed by atoms with Crippen molar-refractivity contribution < 1.29 is 0 Å². The number of aromatic amines is 1. The van der Waals surface area contributed by atoms with Crippen LogP contribution >= 0.6 is 0 Å². The van der Waals surface area contributed by atoms with Gasteiger partial charge in [-0.2, -0.15) is 5.10 Å². The van der Waals surface area contributed by atoms with Crippen molar-refractivity contribution >= 4 is 10.9 Å². The smallest absolute Gasteiger partial charge is 0.259 e. The van der Waals surface area contributed by atoms with Gasteiger partial charge in [-0.1, -0.05) is 127 Å². The SMILES string of the molecule is O=c1[nH]c(-c2ccc(-c3ccn(C(c4ccccc4)(c4ccccc4)c4ccccc4)n3)cc2)nc2ccccc12. The Morgan fingerprint density at radius 3 is 1.66 bits per heavy atom. The van der Waals surface area contributed by atoms with Gasteiger partial charge in [-0.05, 0) is 34.9 Å². The van der Waals surface area contributed by atoms with E-state index in [0.717, 1.165) is 33.5 Å². The third-order valence-corrected chi connectivity index (χ3v) is 7.57. The Morgan fingerprint density at radius 2 is 1.07 bits per heavy atom. The molecule has 0 aliphatic rings. The maximum atomic E-state index is 12.6. The average Bonchev–Trinajstić information content (AvgIpc) is 3.54. The number of para-hydroxylation sites is 1. The molecule has 0 fully saturated rings. The molecule has 5 aromatic carbocycles. The van der Waals surface area contributed by atoms with Gasteiger partial charge < -0.3 is 4.98 Å². The molecule has 0 aliphatic carbocycles. The number of fused-ring (bicyclic) bond motifs is 1. The molecule has 0 atom stereocenters. The zero-order valence-electron chi connectivity index (χ0n) is 22.2. The molecular weight excluding hydrogens is 504 g/mol. The highest BCUT2D eigenvalue weighted by molar-refractivity contribution is 5.79. The third kappa shape index (κ3) is 4.24. The lowest BCUT2D eigenvalue weighted by molar-refractivity contribution is 0.461. The first-order chi connectivity index (χ1) is 20.2. The van der Waals surface area contributed by atoms with Crippen molar-refractivity contribution in [2.75, 3.05) is 0 Å². The van der Waals surface area contributed by atoms with Crippen LogP contribution < -0.4 is 5.56 Å². The number of hydrogen-bond acceptors (Lipinski definition) is 3. The molecule has 7 aromatic rings. The molecule has 7 rings (SSSR count). The maximum absolute atomic E-state index is 12.6. The van der Waals surface area contributed by atoms with Gasteiger partial charge in [-0.3, -0.25) is 9.48 Å². The molecule has 0 bridgehead atoms.